The number of aromatic nitrogens is 3. The normalized spacial score (nSPS) is 10.5. The van der Waals surface area contributed by atoms with Gasteiger partial charge in [-0.3, -0.25) is 10.1 Å². The van der Waals surface area contributed by atoms with E-state index in [-0.39, 0.29) is 17.3 Å². The van der Waals surface area contributed by atoms with E-state index in [4.69, 9.17) is 11.6 Å². The number of benzene rings is 1. The van der Waals surface area contributed by atoms with Crippen molar-refractivity contribution in [1.82, 2.24) is 15.0 Å². The van der Waals surface area contributed by atoms with Crippen LogP contribution in [0.1, 0.15) is 12.5 Å². The minimum atomic E-state index is -0.494. The summed E-state index contributed by atoms with van der Waals surface area (Å²) in [6.45, 7) is 4.37. The molecule has 0 amide bonds. The second kappa shape index (κ2) is 7.96. The molecule has 0 atom stereocenters. The Kier molecular flexibility index (Phi) is 5.46. The molecule has 0 bridgehead atoms. The maximum Gasteiger partial charge on any atom is 0.354 e. The molecule has 9 heteroatoms. The van der Waals surface area contributed by atoms with Gasteiger partial charge in [0.25, 0.3) is 0 Å². The first-order chi connectivity index (χ1) is 13.0. The van der Waals surface area contributed by atoms with Crippen LogP contribution in [-0.4, -0.2) is 26.4 Å². The molecule has 2 aromatic heterocycles. The van der Waals surface area contributed by atoms with Gasteiger partial charge in [-0.2, -0.15) is 0 Å². The lowest BCUT2D eigenvalue weighted by molar-refractivity contribution is -0.383. The van der Waals surface area contributed by atoms with Gasteiger partial charge in [-0.15, -0.1) is 0 Å². The Balaban J connectivity index is 2.07. The van der Waals surface area contributed by atoms with Crippen molar-refractivity contribution in [2.75, 3.05) is 16.8 Å². The fraction of sp³-hybridized carbons (Fsp3) is 0.167. The number of hydrogen-bond acceptors (Lipinski definition) is 7. The van der Waals surface area contributed by atoms with E-state index in [0.29, 0.717) is 17.4 Å². The highest BCUT2D eigenvalue weighted by molar-refractivity contribution is 6.30. The van der Waals surface area contributed by atoms with E-state index < -0.39 is 4.92 Å². The molecule has 1 aromatic carbocycles. The predicted octanol–water partition coefficient (Wildman–Crippen LogP) is 4.64. The first-order valence-electron chi connectivity index (χ1n) is 8.21. The maximum absolute atomic E-state index is 11.8. The van der Waals surface area contributed by atoms with Crippen molar-refractivity contribution in [3.8, 4) is 0 Å². The van der Waals surface area contributed by atoms with Crippen molar-refractivity contribution in [2.45, 2.75) is 13.8 Å². The maximum atomic E-state index is 11.8. The molecule has 0 spiro atoms. The van der Waals surface area contributed by atoms with E-state index in [1.54, 1.807) is 17.0 Å². The fourth-order valence-electron chi connectivity index (χ4n) is 2.65. The van der Waals surface area contributed by atoms with Crippen LogP contribution in [0, 0.1) is 17.0 Å². The number of nitrogens with zero attached hydrogens (tertiary/aromatic N) is 5. The minimum absolute atomic E-state index is 0.0610. The van der Waals surface area contributed by atoms with Gasteiger partial charge in [0.05, 0.1) is 9.95 Å². The molecule has 3 aromatic rings. The van der Waals surface area contributed by atoms with Gasteiger partial charge >= 0.3 is 5.69 Å². The van der Waals surface area contributed by atoms with Crippen LogP contribution >= 0.6 is 11.6 Å². The van der Waals surface area contributed by atoms with Crippen molar-refractivity contribution in [3.63, 3.8) is 0 Å². The molecule has 0 aliphatic rings. The van der Waals surface area contributed by atoms with Crippen LogP contribution < -0.4 is 10.2 Å². The van der Waals surface area contributed by atoms with E-state index >= 15 is 0 Å². The van der Waals surface area contributed by atoms with Gasteiger partial charge in [0.2, 0.25) is 11.6 Å². The van der Waals surface area contributed by atoms with E-state index in [1.165, 1.54) is 12.5 Å². The molecule has 1 N–H and O–H groups in total. The standard InChI is InChI=1S/C18H17ClN6O2/c1-3-24(14-6-4-5-12(2)9-14)18-16(25(26)27)17(21-11-22-18)23-15-8-7-13(19)10-20-15/h4-11H,3H2,1-2H3,(H,20,21,22,23). The third-order valence-corrected chi connectivity index (χ3v) is 4.07. The number of halogens is 1. The van der Waals surface area contributed by atoms with Gasteiger partial charge in [0, 0.05) is 18.4 Å². The lowest BCUT2D eigenvalue weighted by Crippen LogP contribution is -2.20. The Bertz CT molecular complexity index is 964. The summed E-state index contributed by atoms with van der Waals surface area (Å²) in [5.74, 6) is 0.663. The van der Waals surface area contributed by atoms with Crippen LogP contribution in [0.4, 0.5) is 28.8 Å². The fourth-order valence-corrected chi connectivity index (χ4v) is 2.76. The molecule has 0 aliphatic heterocycles. The highest BCUT2D eigenvalue weighted by atomic mass is 35.5. The SMILES string of the molecule is CCN(c1cccc(C)c1)c1ncnc(Nc2ccc(Cl)cn2)c1[N+](=O)[O-]. The number of pyridine rings is 1. The van der Waals surface area contributed by atoms with Crippen LogP contribution in [-0.2, 0) is 0 Å². The molecule has 0 aliphatic carbocycles. The van der Waals surface area contributed by atoms with E-state index in [0.717, 1.165) is 11.3 Å². The van der Waals surface area contributed by atoms with Gasteiger partial charge in [-0.1, -0.05) is 23.7 Å². The first-order valence-corrected chi connectivity index (χ1v) is 8.59. The van der Waals surface area contributed by atoms with Gasteiger partial charge in [-0.05, 0) is 43.7 Å². The van der Waals surface area contributed by atoms with Crippen LogP contribution in [0.15, 0.2) is 48.9 Å². The third kappa shape index (κ3) is 4.12. The monoisotopic (exact) mass is 384 g/mol. The number of anilines is 4. The summed E-state index contributed by atoms with van der Waals surface area (Å²) in [6.07, 6.45) is 2.74. The molecule has 8 nitrogen and oxygen atoms in total. The molecule has 0 unspecified atom stereocenters. The van der Waals surface area contributed by atoms with Crippen molar-refractivity contribution in [1.29, 1.82) is 0 Å². The van der Waals surface area contributed by atoms with Crippen LogP contribution in [0.2, 0.25) is 5.02 Å². The van der Waals surface area contributed by atoms with E-state index in [2.05, 4.69) is 20.3 Å². The lowest BCUT2D eigenvalue weighted by Gasteiger charge is -2.22. The van der Waals surface area contributed by atoms with Gasteiger partial charge in [0.1, 0.15) is 12.1 Å². The van der Waals surface area contributed by atoms with Crippen molar-refractivity contribution in [2.24, 2.45) is 0 Å². The van der Waals surface area contributed by atoms with Crippen molar-refractivity contribution >= 4 is 40.4 Å². The molecular weight excluding hydrogens is 368 g/mol. The zero-order valence-electron chi connectivity index (χ0n) is 14.8. The van der Waals surface area contributed by atoms with Gasteiger partial charge < -0.3 is 10.2 Å². The smallest absolute Gasteiger partial charge is 0.321 e. The Morgan fingerprint density at radius 2 is 2.04 bits per heavy atom. The highest BCUT2D eigenvalue weighted by Crippen LogP contribution is 2.36. The second-order valence-electron chi connectivity index (χ2n) is 5.72. The Labute approximate surface area is 161 Å². The predicted molar refractivity (Wildman–Crippen MR) is 105 cm³/mol. The zero-order chi connectivity index (χ0) is 19.4. The number of rotatable bonds is 6. The highest BCUT2D eigenvalue weighted by Gasteiger charge is 2.27. The Morgan fingerprint density at radius 3 is 2.67 bits per heavy atom. The summed E-state index contributed by atoms with van der Waals surface area (Å²) in [5, 5.41) is 15.2. The largest absolute Gasteiger partial charge is 0.354 e. The average molecular weight is 385 g/mol. The van der Waals surface area contributed by atoms with E-state index in [9.17, 15) is 10.1 Å². The minimum Gasteiger partial charge on any atom is -0.321 e. The first kappa shape index (κ1) is 18.5. The topological polar surface area (TPSA) is 97.1 Å². The number of nitrogens with one attached hydrogen (secondary N) is 1. The Hall–Kier alpha value is -3.26. The molecule has 2 heterocycles. The summed E-state index contributed by atoms with van der Waals surface area (Å²) in [5.41, 5.74) is 1.64. The summed E-state index contributed by atoms with van der Waals surface area (Å²) in [6, 6.07) is 10.9. The van der Waals surface area contributed by atoms with Crippen LogP contribution in [0.3, 0.4) is 0 Å². The Morgan fingerprint density at radius 1 is 1.22 bits per heavy atom. The summed E-state index contributed by atoms with van der Waals surface area (Å²) >= 11 is 5.83. The number of nitro groups is 1. The zero-order valence-corrected chi connectivity index (χ0v) is 15.5. The molecule has 0 saturated carbocycles. The number of aryl methyl sites for hydroxylation is 1. The van der Waals surface area contributed by atoms with Gasteiger partial charge in [0.15, 0.2) is 0 Å². The molecular formula is C18H17ClN6O2. The quantitative estimate of drug-likeness (QED) is 0.488. The molecule has 0 radical (unpaired) electrons. The van der Waals surface area contributed by atoms with Crippen LogP contribution in [0.25, 0.3) is 0 Å². The third-order valence-electron chi connectivity index (χ3n) is 3.84. The number of hydrogen-bond donors (Lipinski definition) is 1. The lowest BCUT2D eigenvalue weighted by atomic mass is 10.2. The second-order valence-corrected chi connectivity index (χ2v) is 6.16. The molecule has 27 heavy (non-hydrogen) atoms. The summed E-state index contributed by atoms with van der Waals surface area (Å²) < 4.78 is 0. The average Bonchev–Trinajstić information content (AvgIpc) is 2.64. The molecule has 3 rings (SSSR count). The summed E-state index contributed by atoms with van der Waals surface area (Å²) in [7, 11) is 0. The van der Waals surface area contributed by atoms with Crippen LogP contribution in [0.5, 0.6) is 0 Å². The summed E-state index contributed by atoms with van der Waals surface area (Å²) in [4.78, 5) is 25.4. The molecule has 0 saturated heterocycles. The molecule has 0 fully saturated rings. The van der Waals surface area contributed by atoms with Crippen molar-refractivity contribution in [3.05, 3.63) is 69.6 Å². The van der Waals surface area contributed by atoms with Gasteiger partial charge in [-0.25, -0.2) is 15.0 Å². The van der Waals surface area contributed by atoms with E-state index in [1.807, 2.05) is 38.1 Å². The molecule has 138 valence electrons. The van der Waals surface area contributed by atoms with Crippen molar-refractivity contribution < 1.29 is 4.92 Å².